The second kappa shape index (κ2) is 2.53. The van der Waals surface area contributed by atoms with E-state index in [1.165, 1.54) is 6.08 Å². The Balaban J connectivity index is 3.56. The van der Waals surface area contributed by atoms with Crippen molar-refractivity contribution >= 4 is 23.2 Å². The summed E-state index contributed by atoms with van der Waals surface area (Å²) in [5.74, 6) is 0. The standard InChI is InChI=1S/C4H4Cl2F/c1-2-3-4(5,6)7/h2-3H,1H2. The number of rotatable bonds is 1. The summed E-state index contributed by atoms with van der Waals surface area (Å²) in [5, 5.41) is 0. The van der Waals surface area contributed by atoms with Gasteiger partial charge in [0.15, 0.2) is 0 Å². The molecule has 0 spiro atoms. The van der Waals surface area contributed by atoms with E-state index >= 15 is 0 Å². The quantitative estimate of drug-likeness (QED) is 0.493. The molecule has 0 atom stereocenters. The molecule has 0 saturated carbocycles. The summed E-state index contributed by atoms with van der Waals surface area (Å²) in [6, 6.07) is 0. The van der Waals surface area contributed by atoms with Crippen molar-refractivity contribution in [3.8, 4) is 0 Å². The molecule has 0 bridgehead atoms. The highest BCUT2D eigenvalue weighted by Gasteiger charge is 2.14. The maximum absolute atomic E-state index is 11.8. The van der Waals surface area contributed by atoms with Gasteiger partial charge in [-0.15, -0.1) is 0 Å². The molecule has 41 valence electrons. The van der Waals surface area contributed by atoms with Gasteiger partial charge in [0.25, 0.3) is 4.59 Å². The number of hydrogen-bond donors (Lipinski definition) is 0. The zero-order chi connectivity index (χ0) is 5.91. The number of allylic oxidation sites excluding steroid dienone is 2. The minimum absolute atomic E-state index is 0.941. The van der Waals surface area contributed by atoms with Gasteiger partial charge in [-0.1, -0.05) is 29.3 Å². The van der Waals surface area contributed by atoms with Crippen molar-refractivity contribution in [1.29, 1.82) is 0 Å². The van der Waals surface area contributed by atoms with Crippen molar-refractivity contribution in [2.24, 2.45) is 0 Å². The highest BCUT2D eigenvalue weighted by Crippen LogP contribution is 2.23. The van der Waals surface area contributed by atoms with Crippen LogP contribution in [0, 0.1) is 6.92 Å². The zero-order valence-corrected chi connectivity index (χ0v) is 5.01. The summed E-state index contributed by atoms with van der Waals surface area (Å²) in [6.07, 6.45) is 2.14. The molecule has 0 unspecified atom stereocenters. The molecule has 0 rings (SSSR count). The monoisotopic (exact) mass is 141 g/mol. The van der Waals surface area contributed by atoms with E-state index in [0.29, 0.717) is 0 Å². The van der Waals surface area contributed by atoms with E-state index in [2.05, 4.69) is 6.92 Å². The molecule has 0 aromatic carbocycles. The lowest BCUT2D eigenvalue weighted by molar-refractivity contribution is 0.463. The molecular weight excluding hydrogens is 138 g/mol. The van der Waals surface area contributed by atoms with E-state index in [1.807, 2.05) is 0 Å². The van der Waals surface area contributed by atoms with Gasteiger partial charge in [0.2, 0.25) is 0 Å². The highest BCUT2D eigenvalue weighted by molar-refractivity contribution is 6.48. The Kier molecular flexibility index (Phi) is 2.62. The first-order valence-corrected chi connectivity index (χ1v) is 2.35. The van der Waals surface area contributed by atoms with Gasteiger partial charge in [0, 0.05) is 0 Å². The Morgan fingerprint density at radius 2 is 2.00 bits per heavy atom. The maximum atomic E-state index is 11.8. The summed E-state index contributed by atoms with van der Waals surface area (Å²) < 4.78 is 9.55. The SMILES string of the molecule is [CH2]C=CC(F)(Cl)Cl. The molecule has 0 fully saturated rings. The first kappa shape index (κ1) is 7.25. The van der Waals surface area contributed by atoms with Gasteiger partial charge in [0.05, 0.1) is 0 Å². The van der Waals surface area contributed by atoms with E-state index in [-0.39, 0.29) is 0 Å². The predicted octanol–water partition coefficient (Wildman–Crippen LogP) is 2.48. The summed E-state index contributed by atoms with van der Waals surface area (Å²) in [6.45, 7) is 3.18. The van der Waals surface area contributed by atoms with Gasteiger partial charge >= 0.3 is 0 Å². The average Bonchev–Trinajstić information content (AvgIpc) is 1.30. The molecule has 0 aromatic heterocycles. The fraction of sp³-hybridized carbons (Fsp3) is 0.250. The van der Waals surface area contributed by atoms with E-state index in [0.717, 1.165) is 6.08 Å². The van der Waals surface area contributed by atoms with Crippen molar-refractivity contribution in [3.05, 3.63) is 19.1 Å². The second-order valence-electron chi connectivity index (χ2n) is 0.944. The molecule has 0 amide bonds. The maximum Gasteiger partial charge on any atom is 0.276 e. The van der Waals surface area contributed by atoms with Crippen LogP contribution in [0.4, 0.5) is 4.39 Å². The van der Waals surface area contributed by atoms with Crippen LogP contribution >= 0.6 is 23.2 Å². The Labute approximate surface area is 51.9 Å². The Bertz CT molecular complexity index is 72.2. The molecule has 0 heterocycles. The lowest BCUT2D eigenvalue weighted by atomic mass is 10.6. The van der Waals surface area contributed by atoms with Crippen LogP contribution < -0.4 is 0 Å². The lowest BCUT2D eigenvalue weighted by Gasteiger charge is -1.97. The van der Waals surface area contributed by atoms with Crippen molar-refractivity contribution in [2.45, 2.75) is 4.59 Å². The van der Waals surface area contributed by atoms with E-state index in [4.69, 9.17) is 23.2 Å². The fourth-order valence-electron chi connectivity index (χ4n) is 0.134. The summed E-state index contributed by atoms with van der Waals surface area (Å²) in [5.41, 5.74) is 0. The predicted molar refractivity (Wildman–Crippen MR) is 30.0 cm³/mol. The molecule has 0 aliphatic heterocycles. The van der Waals surface area contributed by atoms with Gasteiger partial charge in [-0.3, -0.25) is 0 Å². The molecule has 0 aliphatic rings. The van der Waals surface area contributed by atoms with Gasteiger partial charge in [-0.2, -0.15) is 0 Å². The molecular formula is C4H4Cl2F. The first-order chi connectivity index (χ1) is 3.06. The third kappa shape index (κ3) is 6.25. The van der Waals surface area contributed by atoms with Gasteiger partial charge in [-0.25, -0.2) is 4.39 Å². The van der Waals surface area contributed by atoms with E-state index in [1.54, 1.807) is 0 Å². The normalized spacial score (nSPS) is 13.1. The Morgan fingerprint density at radius 3 is 2.00 bits per heavy atom. The van der Waals surface area contributed by atoms with Crippen LogP contribution in [0.3, 0.4) is 0 Å². The van der Waals surface area contributed by atoms with E-state index in [9.17, 15) is 4.39 Å². The molecule has 7 heavy (non-hydrogen) atoms. The second-order valence-corrected chi connectivity index (χ2v) is 2.24. The van der Waals surface area contributed by atoms with Crippen molar-refractivity contribution in [2.75, 3.05) is 0 Å². The van der Waals surface area contributed by atoms with Crippen LogP contribution in [0.15, 0.2) is 12.2 Å². The van der Waals surface area contributed by atoms with Crippen molar-refractivity contribution < 1.29 is 4.39 Å². The third-order valence-corrected chi connectivity index (χ3v) is 0.559. The van der Waals surface area contributed by atoms with Crippen LogP contribution in [0.25, 0.3) is 0 Å². The van der Waals surface area contributed by atoms with Crippen molar-refractivity contribution in [3.63, 3.8) is 0 Å². The largest absolute Gasteiger partial charge is 0.276 e. The summed E-state index contributed by atoms with van der Waals surface area (Å²) >= 11 is 9.61. The molecule has 0 aromatic rings. The minimum Gasteiger partial charge on any atom is -0.203 e. The van der Waals surface area contributed by atoms with Crippen LogP contribution in [-0.2, 0) is 0 Å². The molecule has 0 aliphatic carbocycles. The van der Waals surface area contributed by atoms with Crippen LogP contribution in [-0.4, -0.2) is 4.59 Å². The lowest BCUT2D eigenvalue weighted by Crippen LogP contribution is -1.94. The third-order valence-electron chi connectivity index (χ3n) is 0.307. The summed E-state index contributed by atoms with van der Waals surface area (Å²) in [7, 11) is 0. The van der Waals surface area contributed by atoms with Gasteiger partial charge in [-0.05, 0) is 13.0 Å². The molecule has 0 saturated heterocycles. The van der Waals surface area contributed by atoms with Gasteiger partial charge in [0.1, 0.15) is 0 Å². The number of alkyl halides is 3. The molecule has 1 radical (unpaired) electrons. The molecule has 0 N–H and O–H groups in total. The van der Waals surface area contributed by atoms with Crippen LogP contribution in [0.5, 0.6) is 0 Å². The van der Waals surface area contributed by atoms with Crippen LogP contribution in [0.2, 0.25) is 0 Å². The number of halogens is 3. The summed E-state index contributed by atoms with van der Waals surface area (Å²) in [4.78, 5) is 0. The number of hydrogen-bond acceptors (Lipinski definition) is 0. The highest BCUT2D eigenvalue weighted by atomic mass is 35.5. The zero-order valence-electron chi connectivity index (χ0n) is 3.50. The fourth-order valence-corrected chi connectivity index (χ4v) is 0.312. The smallest absolute Gasteiger partial charge is 0.203 e. The molecule has 3 heteroatoms. The van der Waals surface area contributed by atoms with E-state index < -0.39 is 4.59 Å². The topological polar surface area (TPSA) is 0 Å². The Morgan fingerprint density at radius 1 is 1.57 bits per heavy atom. The first-order valence-electron chi connectivity index (χ1n) is 1.60. The average molecular weight is 142 g/mol. The minimum atomic E-state index is -2.25. The van der Waals surface area contributed by atoms with Crippen LogP contribution in [0.1, 0.15) is 0 Å². The Hall–Kier alpha value is 0.250. The van der Waals surface area contributed by atoms with Gasteiger partial charge < -0.3 is 0 Å². The molecule has 0 nitrogen and oxygen atoms in total. The van der Waals surface area contributed by atoms with Crippen molar-refractivity contribution in [1.82, 2.24) is 0 Å².